The molecule has 0 atom stereocenters. The van der Waals surface area contributed by atoms with Crippen LogP contribution < -0.4 is 15.8 Å². The highest BCUT2D eigenvalue weighted by Crippen LogP contribution is 2.24. The lowest BCUT2D eigenvalue weighted by Crippen LogP contribution is -2.13. The van der Waals surface area contributed by atoms with Gasteiger partial charge >= 0.3 is 0 Å². The van der Waals surface area contributed by atoms with Crippen molar-refractivity contribution in [2.45, 2.75) is 13.5 Å². The van der Waals surface area contributed by atoms with Gasteiger partial charge in [-0.25, -0.2) is 0 Å². The number of hydrogen-bond donors (Lipinski definition) is 2. The molecule has 0 aliphatic carbocycles. The van der Waals surface area contributed by atoms with Gasteiger partial charge in [-0.15, -0.1) is 0 Å². The minimum atomic E-state index is -0.154. The predicted octanol–water partition coefficient (Wildman–Crippen LogP) is 2.92. The molecule has 0 spiro atoms. The zero-order chi connectivity index (χ0) is 15.9. The van der Waals surface area contributed by atoms with Gasteiger partial charge < -0.3 is 15.8 Å². The van der Waals surface area contributed by atoms with Crippen molar-refractivity contribution in [2.24, 2.45) is 0 Å². The Kier molecular flexibility index (Phi) is 5.20. The molecule has 2 rings (SSSR count). The van der Waals surface area contributed by atoms with Crippen LogP contribution in [-0.4, -0.2) is 13.0 Å². The SMILES string of the molecule is CNC(=O)/C=C\c1ccc(OCc2ccccc2C)c(N)c1. The van der Waals surface area contributed by atoms with Crippen LogP contribution in [0.25, 0.3) is 6.08 Å². The molecule has 0 aliphatic rings. The van der Waals surface area contributed by atoms with Crippen LogP contribution in [0.2, 0.25) is 0 Å². The van der Waals surface area contributed by atoms with Crippen molar-refractivity contribution < 1.29 is 9.53 Å². The van der Waals surface area contributed by atoms with Gasteiger partial charge in [0.25, 0.3) is 0 Å². The van der Waals surface area contributed by atoms with Gasteiger partial charge in [0.1, 0.15) is 12.4 Å². The highest BCUT2D eigenvalue weighted by molar-refractivity contribution is 5.91. The van der Waals surface area contributed by atoms with Gasteiger partial charge in [0.2, 0.25) is 5.91 Å². The molecule has 22 heavy (non-hydrogen) atoms. The number of likely N-dealkylation sites (N-methyl/N-ethyl adjacent to an activating group) is 1. The van der Waals surface area contributed by atoms with Crippen LogP contribution in [0.1, 0.15) is 16.7 Å². The molecule has 0 heterocycles. The molecular formula is C18H20N2O2. The number of nitrogen functional groups attached to an aromatic ring is 1. The number of carbonyl (C=O) groups excluding carboxylic acids is 1. The Balaban J connectivity index is 2.05. The minimum absolute atomic E-state index is 0.154. The third kappa shape index (κ3) is 4.12. The molecule has 2 aromatic rings. The van der Waals surface area contributed by atoms with Crippen LogP contribution in [0.5, 0.6) is 5.75 Å². The van der Waals surface area contributed by atoms with Gasteiger partial charge in [0.05, 0.1) is 5.69 Å². The van der Waals surface area contributed by atoms with Gasteiger partial charge in [-0.05, 0) is 41.8 Å². The average molecular weight is 296 g/mol. The van der Waals surface area contributed by atoms with Crippen LogP contribution in [0.3, 0.4) is 0 Å². The fraction of sp³-hybridized carbons (Fsp3) is 0.167. The lowest BCUT2D eigenvalue weighted by molar-refractivity contribution is -0.115. The largest absolute Gasteiger partial charge is 0.487 e. The molecule has 4 nitrogen and oxygen atoms in total. The summed E-state index contributed by atoms with van der Waals surface area (Å²) in [4.78, 5) is 11.2. The first-order chi connectivity index (χ1) is 10.6. The summed E-state index contributed by atoms with van der Waals surface area (Å²) in [6.07, 6.45) is 3.17. The molecule has 0 saturated heterocycles. The summed E-state index contributed by atoms with van der Waals surface area (Å²) in [7, 11) is 1.59. The first-order valence-corrected chi connectivity index (χ1v) is 7.07. The smallest absolute Gasteiger partial charge is 0.243 e. The maximum absolute atomic E-state index is 11.2. The average Bonchev–Trinajstić information content (AvgIpc) is 2.53. The second-order valence-corrected chi connectivity index (χ2v) is 4.96. The number of ether oxygens (including phenoxy) is 1. The molecular weight excluding hydrogens is 276 g/mol. The fourth-order valence-electron chi connectivity index (χ4n) is 1.98. The number of nitrogens with two attached hydrogens (primary N) is 1. The van der Waals surface area contributed by atoms with E-state index in [1.165, 1.54) is 11.6 Å². The third-order valence-electron chi connectivity index (χ3n) is 3.35. The Labute approximate surface area is 130 Å². The van der Waals surface area contributed by atoms with Crippen molar-refractivity contribution in [3.63, 3.8) is 0 Å². The number of rotatable bonds is 5. The van der Waals surface area contributed by atoms with Crippen molar-refractivity contribution in [3.05, 3.63) is 65.2 Å². The van der Waals surface area contributed by atoms with Crippen molar-refractivity contribution in [2.75, 3.05) is 12.8 Å². The Morgan fingerprint density at radius 2 is 2.05 bits per heavy atom. The normalized spacial score (nSPS) is 10.6. The molecule has 2 aromatic carbocycles. The van der Waals surface area contributed by atoms with Crippen LogP contribution in [0.4, 0.5) is 5.69 Å². The number of anilines is 1. The summed E-state index contributed by atoms with van der Waals surface area (Å²) in [5.41, 5.74) is 9.72. The summed E-state index contributed by atoms with van der Waals surface area (Å²) in [6, 6.07) is 13.5. The summed E-state index contributed by atoms with van der Waals surface area (Å²) in [5, 5.41) is 2.52. The van der Waals surface area contributed by atoms with Crippen LogP contribution in [-0.2, 0) is 11.4 Å². The van der Waals surface area contributed by atoms with E-state index in [0.717, 1.165) is 11.1 Å². The summed E-state index contributed by atoms with van der Waals surface area (Å²) < 4.78 is 5.78. The second kappa shape index (κ2) is 7.31. The van der Waals surface area contributed by atoms with Gasteiger partial charge in [-0.1, -0.05) is 30.3 Å². The molecule has 0 fully saturated rings. The van der Waals surface area contributed by atoms with E-state index in [1.807, 2.05) is 30.3 Å². The van der Waals surface area contributed by atoms with Crippen molar-refractivity contribution in [1.29, 1.82) is 0 Å². The lowest BCUT2D eigenvalue weighted by Gasteiger charge is -2.11. The maximum Gasteiger partial charge on any atom is 0.243 e. The zero-order valence-electron chi connectivity index (χ0n) is 12.8. The number of nitrogens with one attached hydrogen (secondary N) is 1. The first kappa shape index (κ1) is 15.6. The van der Waals surface area contributed by atoms with Crippen molar-refractivity contribution >= 4 is 17.7 Å². The van der Waals surface area contributed by atoms with E-state index in [9.17, 15) is 4.79 Å². The Hall–Kier alpha value is -2.75. The van der Waals surface area contributed by atoms with E-state index in [2.05, 4.69) is 18.3 Å². The van der Waals surface area contributed by atoms with Crippen molar-refractivity contribution in [1.82, 2.24) is 5.32 Å². The van der Waals surface area contributed by atoms with E-state index in [4.69, 9.17) is 10.5 Å². The number of carbonyl (C=O) groups is 1. The number of benzene rings is 2. The molecule has 3 N–H and O–H groups in total. The Bertz CT molecular complexity index is 693. The number of aryl methyl sites for hydroxylation is 1. The van der Waals surface area contributed by atoms with Gasteiger partial charge in [-0.2, -0.15) is 0 Å². The van der Waals surface area contributed by atoms with E-state index >= 15 is 0 Å². The van der Waals surface area contributed by atoms with Crippen LogP contribution >= 0.6 is 0 Å². The standard InChI is InChI=1S/C18H20N2O2/c1-13-5-3-4-6-15(13)12-22-17-9-7-14(11-16(17)19)8-10-18(21)20-2/h3-11H,12,19H2,1-2H3,(H,20,21)/b10-8-. The number of hydrogen-bond acceptors (Lipinski definition) is 3. The topological polar surface area (TPSA) is 64.3 Å². The first-order valence-electron chi connectivity index (χ1n) is 7.07. The Morgan fingerprint density at radius 3 is 2.73 bits per heavy atom. The molecule has 0 bridgehead atoms. The van der Waals surface area contributed by atoms with E-state index in [1.54, 1.807) is 19.2 Å². The zero-order valence-corrected chi connectivity index (χ0v) is 12.8. The quantitative estimate of drug-likeness (QED) is 0.658. The van der Waals surface area contributed by atoms with E-state index in [0.29, 0.717) is 18.0 Å². The van der Waals surface area contributed by atoms with Gasteiger partial charge in [0, 0.05) is 13.1 Å². The summed E-state index contributed by atoms with van der Waals surface area (Å²) >= 11 is 0. The highest BCUT2D eigenvalue weighted by atomic mass is 16.5. The summed E-state index contributed by atoms with van der Waals surface area (Å²) in [5.74, 6) is 0.485. The third-order valence-corrected chi connectivity index (χ3v) is 3.35. The monoisotopic (exact) mass is 296 g/mol. The van der Waals surface area contributed by atoms with Gasteiger partial charge in [-0.3, -0.25) is 4.79 Å². The molecule has 0 aromatic heterocycles. The van der Waals surface area contributed by atoms with Crippen LogP contribution in [0, 0.1) is 6.92 Å². The van der Waals surface area contributed by atoms with Crippen LogP contribution in [0.15, 0.2) is 48.5 Å². The molecule has 0 saturated carbocycles. The summed E-state index contributed by atoms with van der Waals surface area (Å²) in [6.45, 7) is 2.53. The molecule has 114 valence electrons. The lowest BCUT2D eigenvalue weighted by atomic mass is 10.1. The molecule has 4 heteroatoms. The maximum atomic E-state index is 11.2. The number of amides is 1. The fourth-order valence-corrected chi connectivity index (χ4v) is 1.98. The molecule has 1 amide bonds. The molecule has 0 unspecified atom stereocenters. The van der Waals surface area contributed by atoms with E-state index < -0.39 is 0 Å². The van der Waals surface area contributed by atoms with Crippen molar-refractivity contribution in [3.8, 4) is 5.75 Å². The second-order valence-electron chi connectivity index (χ2n) is 4.96. The highest BCUT2D eigenvalue weighted by Gasteiger charge is 2.03. The predicted molar refractivity (Wildman–Crippen MR) is 89.5 cm³/mol. The Morgan fingerprint density at radius 1 is 1.27 bits per heavy atom. The molecule has 0 radical (unpaired) electrons. The minimum Gasteiger partial charge on any atom is -0.487 e. The molecule has 0 aliphatic heterocycles. The van der Waals surface area contributed by atoms with Gasteiger partial charge in [0.15, 0.2) is 0 Å². The van der Waals surface area contributed by atoms with E-state index in [-0.39, 0.29) is 5.91 Å².